The summed E-state index contributed by atoms with van der Waals surface area (Å²) in [7, 11) is 1.85. The Bertz CT molecular complexity index is 861. The molecule has 1 saturated heterocycles. The van der Waals surface area contributed by atoms with Crippen LogP contribution in [-0.4, -0.2) is 62.6 Å². The van der Waals surface area contributed by atoms with Crippen molar-refractivity contribution in [2.45, 2.75) is 39.0 Å². The zero-order chi connectivity index (χ0) is 19.0. The molecule has 0 spiro atoms. The molecule has 2 amide bonds. The minimum Gasteiger partial charge on any atom is -0.339 e. The second-order valence-electron chi connectivity index (χ2n) is 7.76. The van der Waals surface area contributed by atoms with Crippen LogP contribution in [0, 0.1) is 12.8 Å². The highest BCUT2D eigenvalue weighted by atomic mass is 16.2. The number of aromatic nitrogens is 3. The van der Waals surface area contributed by atoms with Gasteiger partial charge in [0.1, 0.15) is 0 Å². The van der Waals surface area contributed by atoms with Crippen molar-refractivity contribution >= 4 is 22.8 Å². The topological polar surface area (TPSA) is 71.3 Å². The van der Waals surface area contributed by atoms with E-state index in [-0.39, 0.29) is 17.7 Å². The van der Waals surface area contributed by atoms with E-state index in [1.165, 1.54) is 6.42 Å². The monoisotopic (exact) mass is 369 g/mol. The number of hydrogen-bond donors (Lipinski definition) is 0. The van der Waals surface area contributed by atoms with Crippen molar-refractivity contribution in [3.63, 3.8) is 0 Å². The van der Waals surface area contributed by atoms with Gasteiger partial charge in [0.25, 0.3) is 5.91 Å². The molecule has 2 aliphatic rings. The summed E-state index contributed by atoms with van der Waals surface area (Å²) in [5, 5.41) is 5.27. The zero-order valence-electron chi connectivity index (χ0n) is 16.1. The molecule has 2 aromatic rings. The van der Waals surface area contributed by atoms with Crippen LogP contribution < -0.4 is 0 Å². The number of carbonyl (C=O) groups excluding carboxylic acids is 2. The first-order valence-electron chi connectivity index (χ1n) is 9.92. The van der Waals surface area contributed by atoms with Gasteiger partial charge in [-0.25, -0.2) is 4.98 Å². The Kier molecular flexibility index (Phi) is 4.85. The first kappa shape index (κ1) is 17.9. The molecular weight excluding hydrogens is 342 g/mol. The van der Waals surface area contributed by atoms with Crippen molar-refractivity contribution in [3.8, 4) is 0 Å². The van der Waals surface area contributed by atoms with Crippen molar-refractivity contribution in [2.24, 2.45) is 13.0 Å². The number of fused-ring (bicyclic) bond motifs is 1. The summed E-state index contributed by atoms with van der Waals surface area (Å²) in [5.74, 6) is 0.467. The predicted octanol–water partition coefficient (Wildman–Crippen LogP) is 2.14. The van der Waals surface area contributed by atoms with Crippen LogP contribution in [0.15, 0.2) is 12.3 Å². The van der Waals surface area contributed by atoms with Crippen molar-refractivity contribution in [3.05, 3.63) is 23.5 Å². The molecule has 0 radical (unpaired) electrons. The van der Waals surface area contributed by atoms with Crippen LogP contribution in [0.4, 0.5) is 0 Å². The molecule has 7 heteroatoms. The van der Waals surface area contributed by atoms with E-state index < -0.39 is 0 Å². The van der Waals surface area contributed by atoms with Crippen molar-refractivity contribution < 1.29 is 9.59 Å². The second kappa shape index (κ2) is 7.29. The van der Waals surface area contributed by atoms with E-state index in [1.807, 2.05) is 29.8 Å². The third-order valence-electron chi connectivity index (χ3n) is 5.94. The number of aryl methyl sites for hydroxylation is 2. The quantitative estimate of drug-likeness (QED) is 0.813. The Morgan fingerprint density at radius 1 is 1.04 bits per heavy atom. The van der Waals surface area contributed by atoms with Crippen LogP contribution >= 0.6 is 0 Å². The number of piperazine rings is 1. The van der Waals surface area contributed by atoms with Gasteiger partial charge in [-0.3, -0.25) is 14.3 Å². The highest BCUT2D eigenvalue weighted by Crippen LogP contribution is 2.26. The van der Waals surface area contributed by atoms with Gasteiger partial charge in [0.05, 0.1) is 11.3 Å². The molecule has 4 rings (SSSR count). The average molecular weight is 369 g/mol. The van der Waals surface area contributed by atoms with E-state index in [0.717, 1.165) is 42.4 Å². The molecule has 144 valence electrons. The average Bonchev–Trinajstić information content (AvgIpc) is 3.01. The fraction of sp³-hybridized carbons (Fsp3) is 0.600. The maximum atomic E-state index is 12.9. The summed E-state index contributed by atoms with van der Waals surface area (Å²) >= 11 is 0. The molecule has 1 aliphatic carbocycles. The first-order chi connectivity index (χ1) is 13.0. The van der Waals surface area contributed by atoms with Crippen LogP contribution in [-0.2, 0) is 11.8 Å². The smallest absolute Gasteiger partial charge is 0.255 e. The Labute approximate surface area is 159 Å². The van der Waals surface area contributed by atoms with Gasteiger partial charge < -0.3 is 9.80 Å². The number of carbonyl (C=O) groups is 2. The summed E-state index contributed by atoms with van der Waals surface area (Å²) in [4.78, 5) is 33.8. The Morgan fingerprint density at radius 3 is 2.41 bits per heavy atom. The Balaban J connectivity index is 1.41. The van der Waals surface area contributed by atoms with Crippen LogP contribution in [0.2, 0.25) is 0 Å². The molecular formula is C20H27N5O2. The van der Waals surface area contributed by atoms with E-state index in [0.29, 0.717) is 31.7 Å². The fourth-order valence-corrected chi connectivity index (χ4v) is 4.35. The van der Waals surface area contributed by atoms with Gasteiger partial charge in [-0.05, 0) is 25.8 Å². The summed E-state index contributed by atoms with van der Waals surface area (Å²) < 4.78 is 1.73. The molecule has 0 N–H and O–H groups in total. The van der Waals surface area contributed by atoms with Crippen molar-refractivity contribution in [1.82, 2.24) is 24.6 Å². The predicted molar refractivity (Wildman–Crippen MR) is 102 cm³/mol. The van der Waals surface area contributed by atoms with E-state index in [2.05, 4.69) is 10.1 Å². The third-order valence-corrected chi connectivity index (χ3v) is 5.94. The zero-order valence-corrected chi connectivity index (χ0v) is 16.1. The molecule has 0 atom stereocenters. The van der Waals surface area contributed by atoms with Gasteiger partial charge in [-0.1, -0.05) is 19.3 Å². The molecule has 2 fully saturated rings. The summed E-state index contributed by atoms with van der Waals surface area (Å²) in [6.07, 6.45) is 7.25. The van der Waals surface area contributed by atoms with Gasteiger partial charge in [-0.15, -0.1) is 0 Å². The molecule has 27 heavy (non-hydrogen) atoms. The minimum atomic E-state index is -0.0163. The van der Waals surface area contributed by atoms with E-state index in [1.54, 1.807) is 10.9 Å². The molecule has 0 bridgehead atoms. The van der Waals surface area contributed by atoms with Gasteiger partial charge in [-0.2, -0.15) is 5.10 Å². The Hall–Kier alpha value is -2.44. The number of nitrogens with zero attached hydrogens (tertiary/aromatic N) is 5. The maximum absolute atomic E-state index is 12.9. The highest BCUT2D eigenvalue weighted by Gasteiger charge is 2.30. The lowest BCUT2D eigenvalue weighted by Crippen LogP contribution is -2.52. The summed E-state index contributed by atoms with van der Waals surface area (Å²) in [5.41, 5.74) is 2.25. The molecule has 0 unspecified atom stereocenters. The van der Waals surface area contributed by atoms with Crippen molar-refractivity contribution in [2.75, 3.05) is 26.2 Å². The number of hydrogen-bond acceptors (Lipinski definition) is 4. The highest BCUT2D eigenvalue weighted by molar-refractivity contribution is 5.97. The standard InChI is InChI=1S/C20H27N5O2/c1-14-17-12-16(13-21-18(17)23(2)22-14)20(27)25-10-8-24(9-11-25)19(26)15-6-4-3-5-7-15/h12-13,15H,3-11H2,1-2H3. The van der Waals surface area contributed by atoms with Crippen LogP contribution in [0.5, 0.6) is 0 Å². The third kappa shape index (κ3) is 3.42. The van der Waals surface area contributed by atoms with E-state index in [4.69, 9.17) is 0 Å². The van der Waals surface area contributed by atoms with Crippen LogP contribution in [0.25, 0.3) is 11.0 Å². The molecule has 2 aromatic heterocycles. The fourth-order valence-electron chi connectivity index (χ4n) is 4.35. The van der Waals surface area contributed by atoms with E-state index >= 15 is 0 Å². The molecule has 1 aliphatic heterocycles. The van der Waals surface area contributed by atoms with Gasteiger partial charge in [0.2, 0.25) is 5.91 Å². The van der Waals surface area contributed by atoms with Crippen molar-refractivity contribution in [1.29, 1.82) is 0 Å². The van der Waals surface area contributed by atoms with Gasteiger partial charge in [0.15, 0.2) is 5.65 Å². The summed E-state index contributed by atoms with van der Waals surface area (Å²) in [6, 6.07) is 1.88. The number of rotatable bonds is 2. The maximum Gasteiger partial charge on any atom is 0.255 e. The summed E-state index contributed by atoms with van der Waals surface area (Å²) in [6.45, 7) is 4.35. The lowest BCUT2D eigenvalue weighted by molar-refractivity contribution is -0.138. The molecule has 7 nitrogen and oxygen atoms in total. The molecule has 3 heterocycles. The number of amides is 2. The second-order valence-corrected chi connectivity index (χ2v) is 7.76. The largest absolute Gasteiger partial charge is 0.339 e. The van der Waals surface area contributed by atoms with Gasteiger partial charge >= 0.3 is 0 Å². The van der Waals surface area contributed by atoms with E-state index in [9.17, 15) is 9.59 Å². The van der Waals surface area contributed by atoms with Crippen LogP contribution in [0.1, 0.15) is 48.2 Å². The Morgan fingerprint density at radius 2 is 1.70 bits per heavy atom. The first-order valence-corrected chi connectivity index (χ1v) is 9.92. The van der Waals surface area contributed by atoms with Crippen LogP contribution in [0.3, 0.4) is 0 Å². The SMILES string of the molecule is Cc1nn(C)c2ncc(C(=O)N3CCN(C(=O)C4CCCCC4)CC3)cc12. The molecule has 0 aromatic carbocycles. The number of pyridine rings is 1. The minimum absolute atomic E-state index is 0.0163. The molecule has 1 saturated carbocycles. The van der Waals surface area contributed by atoms with Gasteiger partial charge in [0, 0.05) is 50.7 Å². The lowest BCUT2D eigenvalue weighted by atomic mass is 9.88. The normalized spacial score (nSPS) is 18.9. The lowest BCUT2D eigenvalue weighted by Gasteiger charge is -2.37.